The molecule has 4 heterocycles. The number of carbonyl (C=O) groups excluding carboxylic acids is 1. The topological polar surface area (TPSA) is 29.5 Å². The van der Waals surface area contributed by atoms with Gasteiger partial charge in [0.25, 0.3) is 0 Å². The first kappa shape index (κ1) is 14.8. The van der Waals surface area contributed by atoms with Gasteiger partial charge in [-0.1, -0.05) is 17.2 Å². The average Bonchev–Trinajstić information content (AvgIpc) is 2.44. The van der Waals surface area contributed by atoms with Crippen molar-refractivity contribution in [2.45, 2.75) is 64.6 Å². The first-order valence-electron chi connectivity index (χ1n) is 8.78. The summed E-state index contributed by atoms with van der Waals surface area (Å²) in [5, 5.41) is 0. The molecule has 3 nitrogen and oxygen atoms in total. The van der Waals surface area contributed by atoms with Gasteiger partial charge in [0.1, 0.15) is 6.10 Å². The Morgan fingerprint density at radius 1 is 1.13 bits per heavy atom. The molecule has 3 saturated heterocycles. The lowest BCUT2D eigenvalue weighted by Crippen LogP contribution is -2.55. The van der Waals surface area contributed by atoms with E-state index >= 15 is 0 Å². The van der Waals surface area contributed by atoms with Gasteiger partial charge in [-0.3, -0.25) is 0 Å². The first-order chi connectivity index (χ1) is 11.0. The van der Waals surface area contributed by atoms with Gasteiger partial charge in [-0.25, -0.2) is 4.79 Å². The standard InChI is InChI=1S/C20H25NO2/c1-12-4-13(2)6-16(5-12)20(22)23-19-10-17-8-15-7-14(3)21(17)18(9-15)11-19/h4-6,10,14-15,18-19H,7-9,11H2,1-3H3. The van der Waals surface area contributed by atoms with E-state index in [0.717, 1.165) is 23.5 Å². The summed E-state index contributed by atoms with van der Waals surface area (Å²) in [5.74, 6) is 0.647. The van der Waals surface area contributed by atoms with Crippen molar-refractivity contribution in [1.82, 2.24) is 4.90 Å². The van der Waals surface area contributed by atoms with E-state index in [4.69, 9.17) is 4.74 Å². The minimum Gasteiger partial charge on any atom is -0.454 e. The highest BCUT2D eigenvalue weighted by Crippen LogP contribution is 2.46. The van der Waals surface area contributed by atoms with Crippen molar-refractivity contribution >= 4 is 5.97 Å². The van der Waals surface area contributed by atoms with Gasteiger partial charge in [-0.2, -0.15) is 0 Å². The van der Waals surface area contributed by atoms with Crippen molar-refractivity contribution in [2.24, 2.45) is 5.92 Å². The Bertz CT molecular complexity index is 658. The normalized spacial score (nSPS) is 31.8. The predicted molar refractivity (Wildman–Crippen MR) is 90.2 cm³/mol. The summed E-state index contributed by atoms with van der Waals surface area (Å²) >= 11 is 0. The lowest BCUT2D eigenvalue weighted by Gasteiger charge is -2.55. The molecule has 1 aromatic carbocycles. The molecule has 0 radical (unpaired) electrons. The number of rotatable bonds is 2. The van der Waals surface area contributed by atoms with E-state index in [2.05, 4.69) is 24.0 Å². The van der Waals surface area contributed by atoms with E-state index in [0.29, 0.717) is 17.6 Å². The number of allylic oxidation sites excluding steroid dienone is 1. The number of piperidine rings is 3. The minimum atomic E-state index is -0.188. The molecule has 122 valence electrons. The maximum atomic E-state index is 12.5. The number of hydrogen-bond acceptors (Lipinski definition) is 3. The molecule has 0 N–H and O–H groups in total. The van der Waals surface area contributed by atoms with Crippen LogP contribution in [0.5, 0.6) is 0 Å². The van der Waals surface area contributed by atoms with E-state index in [9.17, 15) is 4.79 Å². The van der Waals surface area contributed by atoms with Crippen LogP contribution in [0.4, 0.5) is 0 Å². The number of aryl methyl sites for hydroxylation is 2. The molecule has 0 aromatic heterocycles. The molecule has 3 fully saturated rings. The summed E-state index contributed by atoms with van der Waals surface area (Å²) in [6.45, 7) is 6.36. The highest BCUT2D eigenvalue weighted by Gasteiger charge is 2.44. The van der Waals surface area contributed by atoms with Crippen LogP contribution < -0.4 is 0 Å². The Morgan fingerprint density at radius 2 is 1.87 bits per heavy atom. The third-order valence-corrected chi connectivity index (χ3v) is 5.58. The number of carbonyl (C=O) groups is 1. The van der Waals surface area contributed by atoms with Gasteiger partial charge in [0, 0.05) is 24.2 Å². The third-order valence-electron chi connectivity index (χ3n) is 5.58. The molecule has 23 heavy (non-hydrogen) atoms. The molecule has 5 rings (SSSR count). The van der Waals surface area contributed by atoms with Gasteiger partial charge in [-0.05, 0) is 64.2 Å². The van der Waals surface area contributed by atoms with Gasteiger partial charge in [-0.15, -0.1) is 0 Å². The number of ether oxygens (including phenoxy) is 1. The molecule has 4 unspecified atom stereocenters. The number of hydrogen-bond donors (Lipinski definition) is 0. The van der Waals surface area contributed by atoms with Crippen molar-refractivity contribution < 1.29 is 9.53 Å². The molecular formula is C20H25NO2. The van der Waals surface area contributed by atoms with Gasteiger partial charge in [0.2, 0.25) is 0 Å². The van der Waals surface area contributed by atoms with Crippen LogP contribution in [0.3, 0.4) is 0 Å². The Hall–Kier alpha value is -1.77. The fourth-order valence-electron chi connectivity index (χ4n) is 4.93. The highest BCUT2D eigenvalue weighted by molar-refractivity contribution is 5.90. The maximum absolute atomic E-state index is 12.5. The van der Waals surface area contributed by atoms with E-state index < -0.39 is 0 Å². The molecular weight excluding hydrogens is 286 g/mol. The largest absolute Gasteiger partial charge is 0.454 e. The van der Waals surface area contributed by atoms with E-state index in [1.807, 2.05) is 26.0 Å². The Kier molecular flexibility index (Phi) is 3.47. The van der Waals surface area contributed by atoms with Crippen LogP contribution >= 0.6 is 0 Å². The monoisotopic (exact) mass is 311 g/mol. The van der Waals surface area contributed by atoms with Crippen molar-refractivity contribution in [1.29, 1.82) is 0 Å². The van der Waals surface area contributed by atoms with Crippen LogP contribution in [0.1, 0.15) is 54.1 Å². The molecule has 4 atom stereocenters. The zero-order valence-electron chi connectivity index (χ0n) is 14.2. The SMILES string of the molecule is Cc1cc(C)cc(C(=O)OC2C=C3CC4CC(C)N3C(C4)C2)c1. The van der Waals surface area contributed by atoms with Crippen molar-refractivity contribution in [2.75, 3.05) is 0 Å². The quantitative estimate of drug-likeness (QED) is 0.774. The van der Waals surface area contributed by atoms with E-state index in [-0.39, 0.29) is 12.1 Å². The second-order valence-corrected chi connectivity index (χ2v) is 7.67. The van der Waals surface area contributed by atoms with Gasteiger partial charge in [0.15, 0.2) is 0 Å². The zero-order valence-corrected chi connectivity index (χ0v) is 14.2. The van der Waals surface area contributed by atoms with Crippen LogP contribution in [0.2, 0.25) is 0 Å². The fraction of sp³-hybridized carbons (Fsp3) is 0.550. The summed E-state index contributed by atoms with van der Waals surface area (Å²) in [6, 6.07) is 7.12. The summed E-state index contributed by atoms with van der Waals surface area (Å²) in [7, 11) is 0. The number of benzene rings is 1. The first-order valence-corrected chi connectivity index (χ1v) is 8.78. The third kappa shape index (κ3) is 2.66. The molecule has 0 saturated carbocycles. The minimum absolute atomic E-state index is 0.0641. The van der Waals surface area contributed by atoms with Gasteiger partial charge in [0.05, 0.1) is 5.56 Å². The van der Waals surface area contributed by atoms with Crippen molar-refractivity contribution in [3.63, 3.8) is 0 Å². The second-order valence-electron chi connectivity index (χ2n) is 7.67. The molecule has 0 amide bonds. The average molecular weight is 311 g/mol. The fourth-order valence-corrected chi connectivity index (χ4v) is 4.93. The highest BCUT2D eigenvalue weighted by atomic mass is 16.5. The summed E-state index contributed by atoms with van der Waals surface area (Å²) in [4.78, 5) is 15.1. The number of fused-ring (bicyclic) bond motifs is 1. The molecule has 0 aliphatic carbocycles. The van der Waals surface area contributed by atoms with E-state index in [1.54, 1.807) is 0 Å². The van der Waals surface area contributed by atoms with Crippen LogP contribution in [0, 0.1) is 19.8 Å². The summed E-state index contributed by atoms with van der Waals surface area (Å²) < 4.78 is 5.82. The summed E-state index contributed by atoms with van der Waals surface area (Å²) in [6.07, 6.45) is 6.84. The summed E-state index contributed by atoms with van der Waals surface area (Å²) in [5.41, 5.74) is 4.29. The zero-order chi connectivity index (χ0) is 16.1. The van der Waals surface area contributed by atoms with Crippen LogP contribution in [-0.2, 0) is 4.74 Å². The van der Waals surface area contributed by atoms with E-state index in [1.165, 1.54) is 25.0 Å². The lowest BCUT2D eigenvalue weighted by molar-refractivity contribution is -0.00910. The molecule has 1 aromatic rings. The number of esters is 1. The second kappa shape index (κ2) is 5.40. The maximum Gasteiger partial charge on any atom is 0.338 e. The Morgan fingerprint density at radius 3 is 2.52 bits per heavy atom. The van der Waals surface area contributed by atoms with Crippen molar-refractivity contribution in [3.05, 3.63) is 46.7 Å². The molecule has 3 heteroatoms. The van der Waals surface area contributed by atoms with Crippen LogP contribution in [-0.4, -0.2) is 29.1 Å². The predicted octanol–water partition coefficient (Wildman–Crippen LogP) is 3.99. The molecule has 4 aliphatic rings. The number of nitrogens with zero attached hydrogens (tertiary/aromatic N) is 1. The molecule has 0 spiro atoms. The molecule has 4 aliphatic heterocycles. The smallest absolute Gasteiger partial charge is 0.338 e. The van der Waals surface area contributed by atoms with Crippen molar-refractivity contribution in [3.8, 4) is 0 Å². The molecule has 4 bridgehead atoms. The van der Waals surface area contributed by atoms with Crippen LogP contribution in [0.25, 0.3) is 0 Å². The van der Waals surface area contributed by atoms with Gasteiger partial charge >= 0.3 is 5.97 Å². The lowest BCUT2D eigenvalue weighted by atomic mass is 9.74. The Balaban J connectivity index is 1.52. The van der Waals surface area contributed by atoms with Crippen LogP contribution in [0.15, 0.2) is 30.0 Å². The Labute approximate surface area is 138 Å². The van der Waals surface area contributed by atoms with Gasteiger partial charge < -0.3 is 9.64 Å².